The lowest BCUT2D eigenvalue weighted by Crippen LogP contribution is -2.60. The van der Waals surface area contributed by atoms with E-state index < -0.39 is 49.5 Å². The minimum absolute atomic E-state index is 0.190. The first-order valence-corrected chi connectivity index (χ1v) is 37.6. The minimum atomic E-state index is -1.58. The van der Waals surface area contributed by atoms with E-state index in [0.29, 0.717) is 6.42 Å². The number of carbonyl (C=O) groups excluding carboxylic acids is 1. The van der Waals surface area contributed by atoms with Crippen molar-refractivity contribution in [3.8, 4) is 0 Å². The quantitative estimate of drug-likeness (QED) is 0.0261. The summed E-state index contributed by atoms with van der Waals surface area (Å²) in [6.07, 6.45) is 93.6. The molecule has 1 saturated heterocycles. The molecule has 514 valence electrons. The van der Waals surface area contributed by atoms with Gasteiger partial charge < -0.3 is 40.3 Å². The van der Waals surface area contributed by atoms with Gasteiger partial charge in [-0.25, -0.2) is 0 Å². The molecule has 0 radical (unpaired) electrons. The Hall–Kier alpha value is -3.15. The molecule has 1 fully saturated rings. The molecule has 7 atom stereocenters. The van der Waals surface area contributed by atoms with Crippen LogP contribution < -0.4 is 5.32 Å². The van der Waals surface area contributed by atoms with Gasteiger partial charge in [0.2, 0.25) is 5.91 Å². The molecule has 0 aliphatic carbocycles. The maximum absolute atomic E-state index is 13.1. The summed E-state index contributed by atoms with van der Waals surface area (Å²) >= 11 is 0. The second kappa shape index (κ2) is 67.7. The number of allylic oxidation sites excluding steroid dienone is 17. The molecule has 1 amide bonds. The van der Waals surface area contributed by atoms with E-state index in [2.05, 4.69) is 116 Å². The maximum atomic E-state index is 13.1. The van der Waals surface area contributed by atoms with Crippen molar-refractivity contribution in [3.05, 3.63) is 109 Å². The van der Waals surface area contributed by atoms with Crippen LogP contribution in [0.2, 0.25) is 0 Å². The van der Waals surface area contributed by atoms with Gasteiger partial charge in [-0.2, -0.15) is 0 Å². The predicted octanol–water partition coefficient (Wildman–Crippen LogP) is 21.2. The van der Waals surface area contributed by atoms with Gasteiger partial charge in [0.05, 0.1) is 25.4 Å². The summed E-state index contributed by atoms with van der Waals surface area (Å²) < 4.78 is 11.3. The van der Waals surface area contributed by atoms with Crippen LogP contribution in [0.5, 0.6) is 0 Å². The topological polar surface area (TPSA) is 149 Å². The molecule has 0 spiro atoms. The first-order chi connectivity index (χ1) is 43.8. The summed E-state index contributed by atoms with van der Waals surface area (Å²) in [4.78, 5) is 13.1. The molecule has 1 heterocycles. The highest BCUT2D eigenvalue weighted by Gasteiger charge is 2.44. The molecule has 0 aromatic heterocycles. The lowest BCUT2D eigenvalue weighted by atomic mass is 9.99. The Morgan fingerprint density at radius 1 is 0.393 bits per heavy atom. The number of aliphatic hydroxyl groups excluding tert-OH is 5. The molecule has 0 aromatic carbocycles. The molecular weight excluding hydrogens is 1100 g/mol. The fraction of sp³-hybridized carbons (Fsp3) is 0.762. The van der Waals surface area contributed by atoms with E-state index in [1.165, 1.54) is 218 Å². The highest BCUT2D eigenvalue weighted by molar-refractivity contribution is 5.76. The zero-order valence-electron chi connectivity index (χ0n) is 57.7. The molecule has 1 rings (SSSR count). The average molecular weight is 1250 g/mol. The smallest absolute Gasteiger partial charge is 0.220 e. The normalized spacial score (nSPS) is 18.5. The standard InChI is InChI=1S/C80H141NO8/c1-3-5-7-9-11-13-15-17-19-21-23-25-27-29-31-33-35-37-39-41-43-45-47-49-51-53-55-57-59-61-63-65-67-69-74(83)73(72-88-80-79(87)78(86)77(85)75(71-82)89-80)81-76(84)70-68-66-64-62-60-58-56-54-52-50-48-46-44-42-40-38-36-34-32-30-28-26-24-22-20-18-16-14-12-10-8-6-4-2/h6,8,12,14,18,20,24,26,30,32,36,38,42,44,59,61,67,69,73-75,77-80,82-83,85-87H,3-5,7,9-11,13,15-17,19,21-23,25,27-29,31,33-35,37,39-41,43,45-58,60,62-66,68,70-72H2,1-2H3,(H,81,84)/b8-6-,14-12-,20-18-,26-24-,32-30-,38-36-,44-42-,61-59+,69-67+. The lowest BCUT2D eigenvalue weighted by Gasteiger charge is -2.40. The number of rotatable bonds is 65. The Labute approximate surface area is 548 Å². The fourth-order valence-corrected chi connectivity index (χ4v) is 11.5. The summed E-state index contributed by atoms with van der Waals surface area (Å²) in [5, 5.41) is 54.8. The van der Waals surface area contributed by atoms with Crippen LogP contribution in [0.1, 0.15) is 335 Å². The Kier molecular flexibility index (Phi) is 63.8. The van der Waals surface area contributed by atoms with Crippen molar-refractivity contribution < 1.29 is 39.8 Å². The molecule has 0 bridgehead atoms. The van der Waals surface area contributed by atoms with Crippen LogP contribution >= 0.6 is 0 Å². The Bertz CT molecular complexity index is 1780. The Morgan fingerprint density at radius 3 is 1.08 bits per heavy atom. The molecule has 7 unspecified atom stereocenters. The van der Waals surface area contributed by atoms with E-state index >= 15 is 0 Å². The third-order valence-corrected chi connectivity index (χ3v) is 17.3. The first-order valence-electron chi connectivity index (χ1n) is 37.6. The molecule has 89 heavy (non-hydrogen) atoms. The SMILES string of the molecule is CC/C=C\C/C=C\C/C=C\C/C=C\C/C=C\C/C=C\C/C=C\CCCCCCCCCCCCCC(=O)NC(COC1OC(CO)C(O)C(O)C1O)C(O)/C=C/CC/C=C/CCCCCCCCCCCCCCCCCCCCCCCCCCCCC. The zero-order chi connectivity index (χ0) is 64.2. The van der Waals surface area contributed by atoms with Gasteiger partial charge in [0.1, 0.15) is 24.4 Å². The second-order valence-corrected chi connectivity index (χ2v) is 25.7. The monoisotopic (exact) mass is 1240 g/mol. The van der Waals surface area contributed by atoms with Gasteiger partial charge in [-0.05, 0) is 89.9 Å². The maximum Gasteiger partial charge on any atom is 0.220 e. The van der Waals surface area contributed by atoms with Gasteiger partial charge in [-0.3, -0.25) is 4.79 Å². The van der Waals surface area contributed by atoms with Crippen LogP contribution in [-0.4, -0.2) is 87.5 Å². The number of aliphatic hydroxyl groups is 5. The summed E-state index contributed by atoms with van der Waals surface area (Å²) in [6, 6.07) is -0.833. The van der Waals surface area contributed by atoms with Crippen molar-refractivity contribution in [2.45, 2.75) is 378 Å². The van der Waals surface area contributed by atoms with E-state index in [0.717, 1.165) is 96.3 Å². The highest BCUT2D eigenvalue weighted by Crippen LogP contribution is 2.23. The molecule has 0 aromatic rings. The summed E-state index contributed by atoms with van der Waals surface area (Å²) in [7, 11) is 0. The van der Waals surface area contributed by atoms with E-state index in [1.54, 1.807) is 6.08 Å². The average Bonchev–Trinajstić information content (AvgIpc) is 2.28. The number of hydrogen-bond acceptors (Lipinski definition) is 8. The number of unbranched alkanes of at least 4 members (excludes halogenated alkanes) is 39. The van der Waals surface area contributed by atoms with Crippen LogP contribution in [-0.2, 0) is 14.3 Å². The van der Waals surface area contributed by atoms with Crippen LogP contribution in [0.15, 0.2) is 109 Å². The Balaban J connectivity index is 2.14. The van der Waals surface area contributed by atoms with Gasteiger partial charge in [-0.15, -0.1) is 0 Å². The van der Waals surface area contributed by atoms with Gasteiger partial charge in [-0.1, -0.05) is 348 Å². The molecule has 0 saturated carbocycles. The number of carbonyl (C=O) groups is 1. The van der Waals surface area contributed by atoms with Crippen molar-refractivity contribution in [2.75, 3.05) is 13.2 Å². The van der Waals surface area contributed by atoms with Crippen LogP contribution in [0, 0.1) is 0 Å². The zero-order valence-corrected chi connectivity index (χ0v) is 57.7. The van der Waals surface area contributed by atoms with Gasteiger partial charge >= 0.3 is 0 Å². The third kappa shape index (κ3) is 56.1. The largest absolute Gasteiger partial charge is 0.394 e. The van der Waals surface area contributed by atoms with Gasteiger partial charge in [0, 0.05) is 6.42 Å². The molecule has 9 nitrogen and oxygen atoms in total. The lowest BCUT2D eigenvalue weighted by molar-refractivity contribution is -0.302. The first kappa shape index (κ1) is 83.9. The molecule has 9 heteroatoms. The molecule has 6 N–H and O–H groups in total. The molecular formula is C80H141NO8. The third-order valence-electron chi connectivity index (χ3n) is 17.3. The van der Waals surface area contributed by atoms with Gasteiger partial charge in [0.15, 0.2) is 6.29 Å². The summed E-state index contributed by atoms with van der Waals surface area (Å²) in [5.41, 5.74) is 0. The van der Waals surface area contributed by atoms with Gasteiger partial charge in [0.25, 0.3) is 0 Å². The highest BCUT2D eigenvalue weighted by atomic mass is 16.7. The minimum Gasteiger partial charge on any atom is -0.394 e. The second-order valence-electron chi connectivity index (χ2n) is 25.7. The van der Waals surface area contributed by atoms with Crippen molar-refractivity contribution >= 4 is 5.91 Å². The number of amides is 1. The summed E-state index contributed by atoms with van der Waals surface area (Å²) in [6.45, 7) is 3.68. The molecule has 1 aliphatic heterocycles. The van der Waals surface area contributed by atoms with E-state index in [-0.39, 0.29) is 12.5 Å². The van der Waals surface area contributed by atoms with Crippen LogP contribution in [0.3, 0.4) is 0 Å². The van der Waals surface area contributed by atoms with Crippen molar-refractivity contribution in [2.24, 2.45) is 0 Å². The predicted molar refractivity (Wildman–Crippen MR) is 382 cm³/mol. The van der Waals surface area contributed by atoms with E-state index in [4.69, 9.17) is 9.47 Å². The van der Waals surface area contributed by atoms with Crippen LogP contribution in [0.4, 0.5) is 0 Å². The number of nitrogens with one attached hydrogen (secondary N) is 1. The van der Waals surface area contributed by atoms with Crippen molar-refractivity contribution in [3.63, 3.8) is 0 Å². The van der Waals surface area contributed by atoms with Crippen molar-refractivity contribution in [1.82, 2.24) is 5.32 Å². The Morgan fingerprint density at radius 2 is 0.708 bits per heavy atom. The van der Waals surface area contributed by atoms with E-state index in [1.807, 2.05) is 6.08 Å². The van der Waals surface area contributed by atoms with Crippen molar-refractivity contribution in [1.29, 1.82) is 0 Å². The molecule has 1 aliphatic rings. The van der Waals surface area contributed by atoms with E-state index in [9.17, 15) is 30.3 Å². The van der Waals surface area contributed by atoms with Crippen LogP contribution in [0.25, 0.3) is 0 Å². The number of hydrogen-bond donors (Lipinski definition) is 6. The summed E-state index contributed by atoms with van der Waals surface area (Å²) in [5.74, 6) is -0.190. The fourth-order valence-electron chi connectivity index (χ4n) is 11.5. The number of ether oxygens (including phenoxy) is 2.